The van der Waals surface area contributed by atoms with Gasteiger partial charge in [-0.15, -0.1) is 0 Å². The third kappa shape index (κ3) is 14.9. The predicted octanol–water partition coefficient (Wildman–Crippen LogP) is 0.883. The minimum absolute atomic E-state index is 0. The zero-order chi connectivity index (χ0) is 9.78. The Morgan fingerprint density at radius 3 is 2.36 bits per heavy atom. The van der Waals surface area contributed by atoms with Crippen molar-refractivity contribution < 1.29 is 14.3 Å². The molecule has 3 nitrogen and oxygen atoms in total. The van der Waals surface area contributed by atoms with Crippen LogP contribution in [0.25, 0.3) is 0 Å². The second kappa shape index (κ2) is 15.8. The maximum atomic E-state index is 9.85. The highest BCUT2D eigenvalue weighted by Gasteiger charge is 1.89. The second-order valence-electron chi connectivity index (χ2n) is 2.91. The fraction of sp³-hybridized carbons (Fsp3) is 0.900. The van der Waals surface area contributed by atoms with Crippen LogP contribution in [-0.4, -0.2) is 55.8 Å². The lowest BCUT2D eigenvalue weighted by Gasteiger charge is -2.03. The second-order valence-corrected chi connectivity index (χ2v) is 2.91. The van der Waals surface area contributed by atoms with Gasteiger partial charge in [-0.1, -0.05) is 26.2 Å². The number of ether oxygens (including phenoxy) is 2. The Bertz CT molecular complexity index is 110. The molecule has 0 amide bonds. The molecule has 0 unspecified atom stereocenters. The molecule has 0 fully saturated rings. The molecule has 0 aromatic carbocycles. The van der Waals surface area contributed by atoms with Gasteiger partial charge in [-0.25, -0.2) is 0 Å². The largest absolute Gasteiger partial charge is 0.379 e. The van der Waals surface area contributed by atoms with Crippen LogP contribution in [0.1, 0.15) is 32.6 Å². The Labute approximate surface area is 103 Å². The van der Waals surface area contributed by atoms with Crippen molar-refractivity contribution in [2.75, 3.05) is 26.4 Å². The summed E-state index contributed by atoms with van der Waals surface area (Å²) in [5, 5.41) is 0. The lowest BCUT2D eigenvalue weighted by Crippen LogP contribution is -2.06. The van der Waals surface area contributed by atoms with E-state index in [4.69, 9.17) is 9.47 Å². The molecule has 0 N–H and O–H groups in total. The van der Waals surface area contributed by atoms with Gasteiger partial charge in [-0.2, -0.15) is 0 Å². The molecule has 0 aromatic heterocycles. The van der Waals surface area contributed by atoms with Gasteiger partial charge in [-0.3, -0.25) is 0 Å². The molecule has 0 rings (SSSR count). The first kappa shape index (κ1) is 16.8. The van der Waals surface area contributed by atoms with Gasteiger partial charge in [0.05, 0.1) is 13.2 Å². The van der Waals surface area contributed by atoms with Crippen molar-refractivity contribution in [2.24, 2.45) is 0 Å². The number of aldehydes is 1. The smallest absolute Gasteiger partial charge is 0.316 e. The van der Waals surface area contributed by atoms with E-state index in [0.29, 0.717) is 13.2 Å². The molecule has 0 heterocycles. The summed E-state index contributed by atoms with van der Waals surface area (Å²) in [5.41, 5.74) is 0. The van der Waals surface area contributed by atoms with Crippen LogP contribution in [-0.2, 0) is 14.3 Å². The highest BCUT2D eigenvalue weighted by Crippen LogP contribution is 1.98. The van der Waals surface area contributed by atoms with Gasteiger partial charge in [0.2, 0.25) is 0 Å². The van der Waals surface area contributed by atoms with Crippen molar-refractivity contribution in [1.29, 1.82) is 0 Å². The van der Waals surface area contributed by atoms with Crippen LogP contribution in [0.5, 0.6) is 0 Å². The summed E-state index contributed by atoms with van der Waals surface area (Å²) in [6, 6.07) is 0. The van der Waals surface area contributed by atoms with E-state index in [1.165, 1.54) is 19.3 Å². The van der Waals surface area contributed by atoms with Crippen LogP contribution < -0.4 is 0 Å². The van der Waals surface area contributed by atoms with E-state index >= 15 is 0 Å². The van der Waals surface area contributed by atoms with E-state index < -0.39 is 0 Å². The fourth-order valence-corrected chi connectivity index (χ4v) is 0.982. The van der Waals surface area contributed by atoms with Crippen LogP contribution in [0.4, 0.5) is 0 Å². The summed E-state index contributed by atoms with van der Waals surface area (Å²) in [7, 11) is 0. The zero-order valence-electron chi connectivity index (χ0n) is 8.46. The van der Waals surface area contributed by atoms with Crippen molar-refractivity contribution >= 4 is 29.3 Å². The molecule has 0 saturated heterocycles. The first-order valence-corrected chi connectivity index (χ1v) is 5.01. The maximum Gasteiger partial charge on any atom is 0.316 e. The molecule has 0 aromatic rings. The van der Waals surface area contributed by atoms with Crippen LogP contribution in [0.15, 0.2) is 0 Å². The molecule has 0 atom stereocenters. The monoisotopic (exact) mass is 214 g/mol. The maximum absolute atomic E-state index is 9.85. The third-order valence-electron chi connectivity index (χ3n) is 1.70. The Kier molecular flexibility index (Phi) is 18.9. The number of hydrogen-bond donors (Lipinski definition) is 0. The van der Waals surface area contributed by atoms with Gasteiger partial charge in [0, 0.05) is 6.61 Å². The van der Waals surface area contributed by atoms with E-state index in [1.807, 2.05) is 0 Å². The van der Waals surface area contributed by atoms with E-state index in [-0.39, 0.29) is 29.7 Å². The highest BCUT2D eigenvalue weighted by molar-refractivity contribution is 5.75. The van der Waals surface area contributed by atoms with Gasteiger partial charge in [0.15, 0.2) is 0 Å². The van der Waals surface area contributed by atoms with Crippen molar-refractivity contribution in [3.8, 4) is 0 Å². The molecular weight excluding hydrogens is 192 g/mol. The van der Waals surface area contributed by atoms with Crippen LogP contribution >= 0.6 is 0 Å². The van der Waals surface area contributed by atoms with Gasteiger partial charge >= 0.3 is 23.1 Å². The molecular formula is C10H22MgO3. The normalized spacial score (nSPS) is 9.50. The van der Waals surface area contributed by atoms with Crippen LogP contribution in [0, 0.1) is 0 Å². The van der Waals surface area contributed by atoms with E-state index in [2.05, 4.69) is 6.92 Å². The Hall–Kier alpha value is 0.356. The Balaban J connectivity index is 0. The Morgan fingerprint density at radius 1 is 1.00 bits per heavy atom. The summed E-state index contributed by atoms with van der Waals surface area (Å²) in [5.74, 6) is 0. The van der Waals surface area contributed by atoms with Crippen molar-refractivity contribution in [2.45, 2.75) is 32.6 Å². The SMILES string of the molecule is CCCCCCOCCOCC=O.[MgH2]. The molecule has 0 aliphatic heterocycles. The first-order chi connectivity index (χ1) is 6.41. The van der Waals surface area contributed by atoms with Gasteiger partial charge in [-0.05, 0) is 6.42 Å². The summed E-state index contributed by atoms with van der Waals surface area (Å²) >= 11 is 0. The Morgan fingerprint density at radius 2 is 1.71 bits per heavy atom. The number of rotatable bonds is 10. The van der Waals surface area contributed by atoms with Gasteiger partial charge in [0.1, 0.15) is 12.9 Å². The number of unbranched alkanes of at least 4 members (excludes halogenated alkanes) is 3. The summed E-state index contributed by atoms with van der Waals surface area (Å²) in [6.07, 6.45) is 5.65. The molecule has 82 valence electrons. The minimum Gasteiger partial charge on any atom is -0.379 e. The average Bonchev–Trinajstić information content (AvgIpc) is 2.16. The number of hydrogen-bond acceptors (Lipinski definition) is 3. The number of carbonyl (C=O) groups excluding carboxylic acids is 1. The lowest BCUT2D eigenvalue weighted by atomic mass is 10.2. The zero-order valence-corrected chi connectivity index (χ0v) is 8.46. The van der Waals surface area contributed by atoms with Crippen molar-refractivity contribution in [3.05, 3.63) is 0 Å². The minimum atomic E-state index is 0. The van der Waals surface area contributed by atoms with Gasteiger partial charge < -0.3 is 14.3 Å². The topological polar surface area (TPSA) is 35.5 Å². The molecule has 4 heteroatoms. The molecule has 14 heavy (non-hydrogen) atoms. The third-order valence-corrected chi connectivity index (χ3v) is 1.70. The first-order valence-electron chi connectivity index (χ1n) is 5.01. The van der Waals surface area contributed by atoms with Crippen molar-refractivity contribution in [1.82, 2.24) is 0 Å². The van der Waals surface area contributed by atoms with Crippen LogP contribution in [0.3, 0.4) is 0 Å². The van der Waals surface area contributed by atoms with Crippen LogP contribution in [0.2, 0.25) is 0 Å². The predicted molar refractivity (Wildman–Crippen MR) is 60.4 cm³/mol. The quantitative estimate of drug-likeness (QED) is 0.308. The molecule has 0 aliphatic rings. The molecule has 0 saturated carbocycles. The molecule has 0 radical (unpaired) electrons. The fourth-order valence-electron chi connectivity index (χ4n) is 0.982. The van der Waals surface area contributed by atoms with E-state index in [9.17, 15) is 4.79 Å². The average molecular weight is 215 g/mol. The molecule has 0 bridgehead atoms. The summed E-state index contributed by atoms with van der Waals surface area (Å²) in [4.78, 5) is 9.85. The lowest BCUT2D eigenvalue weighted by molar-refractivity contribution is -0.112. The van der Waals surface area contributed by atoms with Gasteiger partial charge in [0.25, 0.3) is 0 Å². The highest BCUT2D eigenvalue weighted by atomic mass is 24.3. The summed E-state index contributed by atoms with van der Waals surface area (Å²) < 4.78 is 10.2. The molecule has 0 aliphatic carbocycles. The van der Waals surface area contributed by atoms with E-state index in [1.54, 1.807) is 0 Å². The summed E-state index contributed by atoms with van der Waals surface area (Å²) in [6.45, 7) is 4.30. The van der Waals surface area contributed by atoms with E-state index in [0.717, 1.165) is 19.3 Å². The van der Waals surface area contributed by atoms with Crippen molar-refractivity contribution in [3.63, 3.8) is 0 Å². The number of carbonyl (C=O) groups is 1. The molecule has 0 spiro atoms. The standard InChI is InChI=1S/C10H20O3.Mg.2H/c1-2-3-4-5-7-12-9-10-13-8-6-11;;;/h6H,2-5,7-10H2,1H3;;;.